The van der Waals surface area contributed by atoms with E-state index in [0.717, 1.165) is 31.2 Å². The topological polar surface area (TPSA) is 69.7 Å². The number of nitrogens with one attached hydrogen (secondary N) is 1. The lowest BCUT2D eigenvalue weighted by Crippen LogP contribution is -2.51. The van der Waals surface area contributed by atoms with Crippen LogP contribution in [-0.4, -0.2) is 49.8 Å². The highest BCUT2D eigenvalue weighted by atomic mass is 32.2. The molecule has 1 fully saturated rings. The molecule has 0 aromatic heterocycles. The summed E-state index contributed by atoms with van der Waals surface area (Å²) in [6, 6.07) is 10.7. The minimum absolute atomic E-state index is 0.246. The Labute approximate surface area is 170 Å². The zero-order valence-corrected chi connectivity index (χ0v) is 16.9. The van der Waals surface area contributed by atoms with Crippen LogP contribution in [0.5, 0.6) is 0 Å². The molecule has 154 valence electrons. The first-order valence-electron chi connectivity index (χ1n) is 9.87. The maximum atomic E-state index is 13.0. The second-order valence-corrected chi connectivity index (χ2v) is 9.40. The summed E-state index contributed by atoms with van der Waals surface area (Å²) < 4.78 is 40.5. The van der Waals surface area contributed by atoms with Crippen LogP contribution in [0.25, 0.3) is 0 Å². The van der Waals surface area contributed by atoms with E-state index in [9.17, 15) is 17.6 Å². The summed E-state index contributed by atoms with van der Waals surface area (Å²) in [5, 5.41) is 2.71. The minimum Gasteiger partial charge on any atom is -0.322 e. The summed E-state index contributed by atoms with van der Waals surface area (Å²) in [5.41, 5.74) is 2.88. The van der Waals surface area contributed by atoms with Gasteiger partial charge in [0.25, 0.3) is 0 Å². The number of rotatable bonds is 3. The summed E-state index contributed by atoms with van der Waals surface area (Å²) in [5.74, 6) is -0.371. The molecule has 0 radical (unpaired) electrons. The van der Waals surface area contributed by atoms with E-state index >= 15 is 0 Å². The Hall–Kier alpha value is -2.45. The zero-order chi connectivity index (χ0) is 20.4. The maximum Gasteiger partial charge on any atom is 0.321 e. The molecule has 2 aromatic carbocycles. The van der Waals surface area contributed by atoms with E-state index in [1.54, 1.807) is 11.0 Å². The van der Waals surface area contributed by atoms with Crippen LogP contribution in [0.1, 0.15) is 24.0 Å². The van der Waals surface area contributed by atoms with Crippen molar-refractivity contribution >= 4 is 21.7 Å². The van der Waals surface area contributed by atoms with Gasteiger partial charge in [-0.1, -0.05) is 6.07 Å². The average Bonchev–Trinajstić information content (AvgIpc) is 2.75. The normalized spacial score (nSPS) is 17.6. The second-order valence-electron chi connectivity index (χ2n) is 7.47. The van der Waals surface area contributed by atoms with Crippen molar-refractivity contribution in [3.63, 3.8) is 0 Å². The van der Waals surface area contributed by atoms with Crippen LogP contribution < -0.4 is 5.32 Å². The fraction of sp³-hybridized carbons (Fsp3) is 0.381. The van der Waals surface area contributed by atoms with Crippen LogP contribution >= 0.6 is 0 Å². The van der Waals surface area contributed by atoms with E-state index in [2.05, 4.69) is 5.32 Å². The number of hydrogen-bond acceptors (Lipinski definition) is 3. The van der Waals surface area contributed by atoms with E-state index in [-0.39, 0.29) is 24.9 Å². The van der Waals surface area contributed by atoms with Gasteiger partial charge in [-0.25, -0.2) is 17.6 Å². The molecular formula is C21H24FN3O3S. The number of aryl methyl sites for hydroxylation is 2. The number of anilines is 1. The van der Waals surface area contributed by atoms with Crippen molar-refractivity contribution in [2.45, 2.75) is 30.6 Å². The third kappa shape index (κ3) is 4.28. The smallest absolute Gasteiger partial charge is 0.321 e. The number of benzene rings is 2. The molecule has 1 aliphatic heterocycles. The van der Waals surface area contributed by atoms with Crippen molar-refractivity contribution in [1.82, 2.24) is 9.21 Å². The van der Waals surface area contributed by atoms with E-state index < -0.39 is 10.0 Å². The number of fused-ring (bicyclic) bond motifs is 1. The van der Waals surface area contributed by atoms with E-state index in [1.165, 1.54) is 34.1 Å². The predicted molar refractivity (Wildman–Crippen MR) is 109 cm³/mol. The SMILES string of the molecule is O=C(Nc1ccc(F)cc1)N1CCN(S(=O)(=O)c2ccc3c(c2)CCCC3)CC1. The van der Waals surface area contributed by atoms with Gasteiger partial charge < -0.3 is 10.2 Å². The summed E-state index contributed by atoms with van der Waals surface area (Å²) in [7, 11) is -3.58. The summed E-state index contributed by atoms with van der Waals surface area (Å²) in [6.45, 7) is 1.10. The monoisotopic (exact) mass is 417 g/mol. The molecular weight excluding hydrogens is 393 g/mol. The van der Waals surface area contributed by atoms with Crippen molar-refractivity contribution in [1.29, 1.82) is 0 Å². The lowest BCUT2D eigenvalue weighted by atomic mass is 9.92. The standard InChI is InChI=1S/C21H24FN3O3S/c22-18-6-8-19(9-7-18)23-21(26)24-11-13-25(14-12-24)29(27,28)20-10-5-16-3-1-2-4-17(16)15-20/h5-10,15H,1-4,11-14H2,(H,23,26). The number of amides is 2. The second kappa shape index (κ2) is 8.12. The molecule has 2 amide bonds. The van der Waals surface area contributed by atoms with Crippen LogP contribution in [0.2, 0.25) is 0 Å². The van der Waals surface area contributed by atoms with Crippen molar-refractivity contribution in [2.75, 3.05) is 31.5 Å². The highest BCUT2D eigenvalue weighted by Gasteiger charge is 2.30. The largest absolute Gasteiger partial charge is 0.322 e. The molecule has 1 saturated heterocycles. The number of piperazine rings is 1. The van der Waals surface area contributed by atoms with Crippen LogP contribution in [0, 0.1) is 5.82 Å². The Balaban J connectivity index is 1.39. The molecule has 29 heavy (non-hydrogen) atoms. The average molecular weight is 418 g/mol. The van der Waals surface area contributed by atoms with E-state index in [1.807, 2.05) is 12.1 Å². The summed E-state index contributed by atoms with van der Waals surface area (Å²) in [4.78, 5) is 14.3. The van der Waals surface area contributed by atoms with Crippen molar-refractivity contribution < 1.29 is 17.6 Å². The number of halogens is 1. The molecule has 1 N–H and O–H groups in total. The third-order valence-corrected chi connectivity index (χ3v) is 7.47. The molecule has 2 aliphatic rings. The number of sulfonamides is 1. The Morgan fingerprint density at radius 1 is 0.897 bits per heavy atom. The van der Waals surface area contributed by atoms with Gasteiger partial charge in [0, 0.05) is 31.9 Å². The van der Waals surface area contributed by atoms with Gasteiger partial charge in [0.2, 0.25) is 10.0 Å². The molecule has 0 atom stereocenters. The number of carbonyl (C=O) groups is 1. The first-order chi connectivity index (χ1) is 13.9. The first-order valence-corrected chi connectivity index (χ1v) is 11.3. The molecule has 0 bridgehead atoms. The molecule has 0 unspecified atom stereocenters. The fourth-order valence-corrected chi connectivity index (χ4v) is 5.36. The summed E-state index contributed by atoms with van der Waals surface area (Å²) >= 11 is 0. The van der Waals surface area contributed by atoms with Crippen molar-refractivity contribution in [3.05, 3.63) is 59.4 Å². The highest BCUT2D eigenvalue weighted by molar-refractivity contribution is 7.89. The molecule has 1 heterocycles. The summed E-state index contributed by atoms with van der Waals surface area (Å²) in [6.07, 6.45) is 4.19. The Bertz CT molecular complexity index is 1000. The number of nitrogens with zero attached hydrogens (tertiary/aromatic N) is 2. The number of carbonyl (C=O) groups excluding carboxylic acids is 1. The Morgan fingerprint density at radius 2 is 1.55 bits per heavy atom. The predicted octanol–water partition coefficient (Wildman–Crippen LogP) is 3.24. The van der Waals surface area contributed by atoms with Gasteiger partial charge in [0.15, 0.2) is 0 Å². The molecule has 0 spiro atoms. The zero-order valence-electron chi connectivity index (χ0n) is 16.1. The maximum absolute atomic E-state index is 13.0. The first kappa shape index (κ1) is 19.8. The fourth-order valence-electron chi connectivity index (χ4n) is 3.89. The number of hydrogen-bond donors (Lipinski definition) is 1. The molecule has 0 saturated carbocycles. The van der Waals surface area contributed by atoms with Crippen molar-refractivity contribution in [3.8, 4) is 0 Å². The Morgan fingerprint density at radius 3 is 2.24 bits per heavy atom. The lowest BCUT2D eigenvalue weighted by Gasteiger charge is -2.34. The molecule has 6 nitrogen and oxygen atoms in total. The van der Waals surface area contributed by atoms with Gasteiger partial charge in [0.05, 0.1) is 4.90 Å². The van der Waals surface area contributed by atoms with Gasteiger partial charge in [-0.15, -0.1) is 0 Å². The quantitative estimate of drug-likeness (QED) is 0.834. The number of urea groups is 1. The van der Waals surface area contributed by atoms with Crippen molar-refractivity contribution in [2.24, 2.45) is 0 Å². The van der Waals surface area contributed by atoms with Crippen LogP contribution in [0.3, 0.4) is 0 Å². The van der Waals surface area contributed by atoms with E-state index in [4.69, 9.17) is 0 Å². The van der Waals surface area contributed by atoms with Gasteiger partial charge >= 0.3 is 6.03 Å². The molecule has 4 rings (SSSR count). The minimum atomic E-state index is -3.58. The van der Waals surface area contributed by atoms with Crippen LogP contribution in [0.4, 0.5) is 14.9 Å². The molecule has 8 heteroatoms. The van der Waals surface area contributed by atoms with E-state index in [0.29, 0.717) is 23.7 Å². The third-order valence-electron chi connectivity index (χ3n) is 5.58. The van der Waals surface area contributed by atoms with Gasteiger partial charge in [-0.2, -0.15) is 4.31 Å². The Kier molecular flexibility index (Phi) is 5.56. The molecule has 1 aliphatic carbocycles. The van der Waals surface area contributed by atoms with Gasteiger partial charge in [0.1, 0.15) is 5.82 Å². The highest BCUT2D eigenvalue weighted by Crippen LogP contribution is 2.26. The molecule has 2 aromatic rings. The van der Waals surface area contributed by atoms with Crippen LogP contribution in [0.15, 0.2) is 47.4 Å². The lowest BCUT2D eigenvalue weighted by molar-refractivity contribution is 0.184. The van der Waals surface area contributed by atoms with Gasteiger partial charge in [-0.3, -0.25) is 0 Å². The van der Waals surface area contributed by atoms with Gasteiger partial charge in [-0.05, 0) is 73.2 Å². The van der Waals surface area contributed by atoms with Crippen LogP contribution in [-0.2, 0) is 22.9 Å².